The Labute approximate surface area is 162 Å². The Morgan fingerprint density at radius 3 is 2.46 bits per heavy atom. The van der Waals surface area contributed by atoms with Gasteiger partial charge < -0.3 is 9.64 Å². The summed E-state index contributed by atoms with van der Waals surface area (Å²) in [5.41, 5.74) is 0.650. The predicted octanol–water partition coefficient (Wildman–Crippen LogP) is 3.59. The Hall–Kier alpha value is -1.76. The first-order valence-corrected chi connectivity index (χ1v) is 10.6. The second-order valence-electron chi connectivity index (χ2n) is 6.02. The van der Waals surface area contributed by atoms with E-state index in [0.29, 0.717) is 27.9 Å². The van der Waals surface area contributed by atoms with Crippen LogP contribution in [-0.4, -0.2) is 38.5 Å². The van der Waals surface area contributed by atoms with Crippen LogP contribution in [0.4, 0.5) is 5.69 Å². The van der Waals surface area contributed by atoms with Gasteiger partial charge in [-0.05, 0) is 30.7 Å². The molecule has 1 aliphatic heterocycles. The van der Waals surface area contributed by atoms with Crippen LogP contribution in [-0.2, 0) is 14.6 Å². The van der Waals surface area contributed by atoms with Crippen LogP contribution in [0, 0.1) is 0 Å². The van der Waals surface area contributed by atoms with E-state index in [1.165, 1.54) is 11.0 Å². The van der Waals surface area contributed by atoms with E-state index in [-0.39, 0.29) is 24.0 Å². The summed E-state index contributed by atoms with van der Waals surface area (Å²) in [5, 5.41) is 0.728. The number of ether oxygens (including phenoxy) is 1. The summed E-state index contributed by atoms with van der Waals surface area (Å²) in [6.45, 7) is -0.233. The van der Waals surface area contributed by atoms with Gasteiger partial charge in [-0.3, -0.25) is 4.79 Å². The number of halogens is 2. The summed E-state index contributed by atoms with van der Waals surface area (Å²) < 4.78 is 29.2. The van der Waals surface area contributed by atoms with Crippen molar-refractivity contribution in [2.45, 2.75) is 12.5 Å². The maximum atomic E-state index is 12.8. The largest absolute Gasteiger partial charge is 0.484 e. The highest BCUT2D eigenvalue weighted by Gasteiger charge is 2.35. The molecule has 1 amide bonds. The van der Waals surface area contributed by atoms with E-state index in [2.05, 4.69) is 0 Å². The molecule has 2 aromatic rings. The summed E-state index contributed by atoms with van der Waals surface area (Å²) in [4.78, 5) is 14.3. The molecule has 0 aliphatic carbocycles. The molecule has 1 fully saturated rings. The van der Waals surface area contributed by atoms with Gasteiger partial charge in [-0.2, -0.15) is 0 Å². The van der Waals surface area contributed by atoms with Gasteiger partial charge in [0.25, 0.3) is 5.91 Å². The van der Waals surface area contributed by atoms with Crippen molar-refractivity contribution in [3.05, 3.63) is 58.6 Å². The van der Waals surface area contributed by atoms with Gasteiger partial charge in [0, 0.05) is 11.8 Å². The van der Waals surface area contributed by atoms with Crippen LogP contribution in [0.2, 0.25) is 10.0 Å². The number of benzene rings is 2. The molecule has 1 heterocycles. The molecule has 2 aromatic carbocycles. The highest BCUT2D eigenvalue weighted by molar-refractivity contribution is 7.91. The minimum absolute atomic E-state index is 0.0413. The predicted molar refractivity (Wildman–Crippen MR) is 103 cm³/mol. The minimum Gasteiger partial charge on any atom is -0.484 e. The Morgan fingerprint density at radius 2 is 1.85 bits per heavy atom. The third-order valence-electron chi connectivity index (χ3n) is 4.13. The van der Waals surface area contributed by atoms with Crippen molar-refractivity contribution < 1.29 is 17.9 Å². The fourth-order valence-corrected chi connectivity index (χ4v) is 4.90. The Balaban J connectivity index is 1.78. The number of rotatable bonds is 5. The van der Waals surface area contributed by atoms with Gasteiger partial charge in [-0.1, -0.05) is 41.4 Å². The van der Waals surface area contributed by atoms with E-state index in [4.69, 9.17) is 27.9 Å². The Morgan fingerprint density at radius 1 is 1.12 bits per heavy atom. The maximum Gasteiger partial charge on any atom is 0.265 e. The normalized spacial score (nSPS) is 18.5. The van der Waals surface area contributed by atoms with E-state index in [1.807, 2.05) is 6.07 Å². The summed E-state index contributed by atoms with van der Waals surface area (Å²) in [5.74, 6) is 0.145. The molecule has 1 atom stereocenters. The topological polar surface area (TPSA) is 63.7 Å². The fraction of sp³-hybridized carbons (Fsp3) is 0.278. The SMILES string of the molecule is O=C(COc1ccc(Cl)c(Cl)c1)N(c1ccccc1)[C@H]1CCS(=O)(=O)C1. The zero-order valence-corrected chi connectivity index (χ0v) is 16.1. The second-order valence-corrected chi connectivity index (χ2v) is 9.06. The molecule has 1 saturated heterocycles. The molecular formula is C18H17Cl2NO4S. The first kappa shape index (κ1) is 19.0. The third kappa shape index (κ3) is 4.50. The average Bonchev–Trinajstić information content (AvgIpc) is 2.96. The van der Waals surface area contributed by atoms with E-state index in [0.717, 1.165) is 0 Å². The maximum absolute atomic E-state index is 12.8. The molecule has 138 valence electrons. The molecule has 5 nitrogen and oxygen atoms in total. The smallest absolute Gasteiger partial charge is 0.265 e. The van der Waals surface area contributed by atoms with Crippen molar-refractivity contribution in [1.82, 2.24) is 0 Å². The van der Waals surface area contributed by atoms with Crippen LogP contribution in [0.1, 0.15) is 6.42 Å². The molecule has 0 radical (unpaired) electrons. The number of hydrogen-bond donors (Lipinski definition) is 0. The number of nitrogens with zero attached hydrogens (tertiary/aromatic N) is 1. The van der Waals surface area contributed by atoms with Gasteiger partial charge in [0.2, 0.25) is 0 Å². The highest BCUT2D eigenvalue weighted by Crippen LogP contribution is 2.27. The lowest BCUT2D eigenvalue weighted by Gasteiger charge is -2.28. The van der Waals surface area contributed by atoms with E-state index < -0.39 is 15.9 Å². The lowest BCUT2D eigenvalue weighted by molar-refractivity contribution is -0.121. The zero-order valence-electron chi connectivity index (χ0n) is 13.8. The van der Waals surface area contributed by atoms with Gasteiger partial charge in [-0.25, -0.2) is 8.42 Å². The molecule has 3 rings (SSSR count). The number of para-hydroxylation sites is 1. The van der Waals surface area contributed by atoms with E-state index in [9.17, 15) is 13.2 Å². The van der Waals surface area contributed by atoms with Crippen molar-refractivity contribution in [3.63, 3.8) is 0 Å². The van der Waals surface area contributed by atoms with Crippen LogP contribution in [0.5, 0.6) is 5.75 Å². The van der Waals surface area contributed by atoms with E-state index in [1.54, 1.807) is 36.4 Å². The molecule has 0 aromatic heterocycles. The number of anilines is 1. The van der Waals surface area contributed by atoms with Crippen LogP contribution >= 0.6 is 23.2 Å². The number of amides is 1. The standard InChI is InChI=1S/C18H17Cl2NO4S/c19-16-7-6-15(10-17(16)20)25-11-18(22)21(13-4-2-1-3-5-13)14-8-9-26(23,24)12-14/h1-7,10,14H,8-9,11-12H2/t14-/m0/s1. The first-order valence-electron chi connectivity index (χ1n) is 8.01. The van der Waals surface area contributed by atoms with Crippen LogP contribution in [0.15, 0.2) is 48.5 Å². The van der Waals surface area contributed by atoms with Crippen molar-refractivity contribution in [2.24, 2.45) is 0 Å². The van der Waals surface area contributed by atoms with Crippen LogP contribution < -0.4 is 9.64 Å². The molecule has 8 heteroatoms. The number of sulfone groups is 1. The fourth-order valence-electron chi connectivity index (χ4n) is 2.91. The zero-order chi connectivity index (χ0) is 18.7. The lowest BCUT2D eigenvalue weighted by Crippen LogP contribution is -2.43. The van der Waals surface area contributed by atoms with E-state index >= 15 is 0 Å². The van der Waals surface area contributed by atoms with Crippen LogP contribution in [0.3, 0.4) is 0 Å². The summed E-state index contributed by atoms with van der Waals surface area (Å²) >= 11 is 11.8. The molecule has 0 spiro atoms. The van der Waals surface area contributed by atoms with Crippen molar-refractivity contribution in [3.8, 4) is 5.75 Å². The van der Waals surface area contributed by atoms with Gasteiger partial charge in [0.15, 0.2) is 16.4 Å². The summed E-state index contributed by atoms with van der Waals surface area (Å²) in [7, 11) is -3.13. The quantitative estimate of drug-likeness (QED) is 0.750. The first-order chi connectivity index (χ1) is 12.4. The number of carbonyl (C=O) groups excluding carboxylic acids is 1. The molecule has 0 bridgehead atoms. The minimum atomic E-state index is -3.13. The van der Waals surface area contributed by atoms with Crippen molar-refractivity contribution in [2.75, 3.05) is 23.0 Å². The summed E-state index contributed by atoms with van der Waals surface area (Å²) in [6.07, 6.45) is 0.412. The Bertz CT molecular complexity index is 903. The van der Waals surface area contributed by atoms with Gasteiger partial charge >= 0.3 is 0 Å². The Kier molecular flexibility index (Phi) is 5.75. The van der Waals surface area contributed by atoms with Crippen LogP contribution in [0.25, 0.3) is 0 Å². The van der Waals surface area contributed by atoms with Gasteiger partial charge in [0.05, 0.1) is 27.6 Å². The monoisotopic (exact) mass is 413 g/mol. The molecule has 0 saturated carbocycles. The van der Waals surface area contributed by atoms with Gasteiger partial charge in [-0.15, -0.1) is 0 Å². The molecule has 0 N–H and O–H groups in total. The molecular weight excluding hydrogens is 397 g/mol. The van der Waals surface area contributed by atoms with Crippen molar-refractivity contribution >= 4 is 44.6 Å². The van der Waals surface area contributed by atoms with Gasteiger partial charge in [0.1, 0.15) is 5.75 Å². The number of hydrogen-bond acceptors (Lipinski definition) is 4. The molecule has 1 aliphatic rings. The lowest BCUT2D eigenvalue weighted by atomic mass is 10.2. The third-order valence-corrected chi connectivity index (χ3v) is 6.62. The average molecular weight is 414 g/mol. The second kappa shape index (κ2) is 7.86. The molecule has 0 unspecified atom stereocenters. The van der Waals surface area contributed by atoms with Crippen molar-refractivity contribution in [1.29, 1.82) is 0 Å². The highest BCUT2D eigenvalue weighted by atomic mass is 35.5. The number of carbonyl (C=O) groups is 1. The molecule has 26 heavy (non-hydrogen) atoms. The summed E-state index contributed by atoms with van der Waals surface area (Å²) in [6, 6.07) is 13.3.